The first-order valence-electron chi connectivity index (χ1n) is 6.14. The molecular weight excluding hydrogens is 232 g/mol. The maximum atomic E-state index is 11.8. The molecule has 0 saturated heterocycles. The quantitative estimate of drug-likeness (QED) is 0.840. The van der Waals surface area contributed by atoms with Crippen molar-refractivity contribution in [2.75, 3.05) is 13.7 Å². The van der Waals surface area contributed by atoms with Gasteiger partial charge < -0.3 is 15.2 Å². The average Bonchev–Trinajstić information content (AvgIpc) is 2.83. The number of methoxy groups -OCH3 is 1. The zero-order valence-corrected chi connectivity index (χ0v) is 10.5. The lowest BCUT2D eigenvalue weighted by Gasteiger charge is -2.22. The van der Waals surface area contributed by atoms with Gasteiger partial charge in [-0.05, 0) is 18.9 Å². The van der Waals surface area contributed by atoms with E-state index in [1.165, 1.54) is 13.3 Å². The van der Waals surface area contributed by atoms with Crippen LogP contribution in [-0.2, 0) is 0 Å². The summed E-state index contributed by atoms with van der Waals surface area (Å²) in [4.78, 5) is 15.8. The molecule has 2 N–H and O–H groups in total. The average molecular weight is 250 g/mol. The lowest BCUT2D eigenvalue weighted by atomic mass is 10.0. The number of nitrogens with zero attached hydrogens (tertiary/aromatic N) is 1. The first kappa shape index (κ1) is 12.8. The number of aromatic nitrogens is 1. The fraction of sp³-hybridized carbons (Fsp3) is 0.538. The maximum absolute atomic E-state index is 11.8. The van der Waals surface area contributed by atoms with Gasteiger partial charge in [0.05, 0.1) is 18.3 Å². The van der Waals surface area contributed by atoms with Crippen molar-refractivity contribution in [1.29, 1.82) is 0 Å². The normalized spacial score (nSPS) is 17.4. The van der Waals surface area contributed by atoms with Crippen molar-refractivity contribution in [1.82, 2.24) is 10.3 Å². The Balaban J connectivity index is 1.90. The van der Waals surface area contributed by atoms with Crippen LogP contribution in [0, 0.1) is 0 Å². The van der Waals surface area contributed by atoms with E-state index in [1.54, 1.807) is 12.1 Å². The number of aliphatic hydroxyl groups is 1. The van der Waals surface area contributed by atoms with E-state index in [2.05, 4.69) is 10.3 Å². The first-order chi connectivity index (χ1) is 8.63. The Morgan fingerprint density at radius 2 is 2.22 bits per heavy atom. The largest absolute Gasteiger partial charge is 0.481 e. The van der Waals surface area contributed by atoms with Crippen molar-refractivity contribution >= 4 is 5.91 Å². The van der Waals surface area contributed by atoms with E-state index >= 15 is 0 Å². The summed E-state index contributed by atoms with van der Waals surface area (Å²) in [6, 6.07) is 3.29. The van der Waals surface area contributed by atoms with Crippen LogP contribution in [0.5, 0.6) is 5.88 Å². The molecule has 98 valence electrons. The number of hydrogen-bond acceptors (Lipinski definition) is 4. The van der Waals surface area contributed by atoms with Crippen LogP contribution in [-0.4, -0.2) is 35.3 Å². The third-order valence-electron chi connectivity index (χ3n) is 3.32. The van der Waals surface area contributed by atoms with Gasteiger partial charge in [-0.1, -0.05) is 12.8 Å². The number of nitrogens with one attached hydrogen (secondary N) is 1. The molecule has 1 aliphatic carbocycles. The number of ether oxygens (including phenoxy) is 1. The monoisotopic (exact) mass is 250 g/mol. The molecule has 1 aromatic heterocycles. The fourth-order valence-corrected chi connectivity index (χ4v) is 2.19. The molecule has 1 aliphatic rings. The second kappa shape index (κ2) is 5.35. The second-order valence-corrected chi connectivity index (χ2v) is 4.70. The number of hydrogen-bond donors (Lipinski definition) is 2. The number of rotatable bonds is 4. The molecule has 0 atom stereocenters. The van der Waals surface area contributed by atoms with E-state index in [0.29, 0.717) is 18.0 Å². The van der Waals surface area contributed by atoms with Crippen LogP contribution in [0.2, 0.25) is 0 Å². The lowest BCUT2D eigenvalue weighted by Crippen LogP contribution is -2.40. The van der Waals surface area contributed by atoms with Gasteiger partial charge >= 0.3 is 0 Å². The molecule has 1 aromatic rings. The summed E-state index contributed by atoms with van der Waals surface area (Å²) in [5.41, 5.74) is -0.257. The molecule has 5 nitrogen and oxygen atoms in total. The fourth-order valence-electron chi connectivity index (χ4n) is 2.19. The van der Waals surface area contributed by atoms with Gasteiger partial charge in [-0.15, -0.1) is 0 Å². The highest BCUT2D eigenvalue weighted by Gasteiger charge is 2.31. The molecule has 1 saturated carbocycles. The van der Waals surface area contributed by atoms with Crippen LogP contribution in [0.3, 0.4) is 0 Å². The van der Waals surface area contributed by atoms with Gasteiger partial charge in [-0.2, -0.15) is 0 Å². The minimum absolute atomic E-state index is 0.217. The van der Waals surface area contributed by atoms with Gasteiger partial charge in [0.1, 0.15) is 0 Å². The molecule has 0 radical (unpaired) electrons. The number of pyridine rings is 1. The summed E-state index contributed by atoms with van der Waals surface area (Å²) in [7, 11) is 1.53. The van der Waals surface area contributed by atoms with Crippen molar-refractivity contribution in [2.24, 2.45) is 0 Å². The highest BCUT2D eigenvalue weighted by Crippen LogP contribution is 2.28. The van der Waals surface area contributed by atoms with Crippen LogP contribution < -0.4 is 10.1 Å². The summed E-state index contributed by atoms with van der Waals surface area (Å²) in [5.74, 6) is 0.256. The summed E-state index contributed by atoms with van der Waals surface area (Å²) in [6.45, 7) is 0.303. The van der Waals surface area contributed by atoms with Crippen LogP contribution in [0.25, 0.3) is 0 Å². The highest BCUT2D eigenvalue weighted by atomic mass is 16.5. The minimum atomic E-state index is -0.727. The SMILES string of the molecule is COc1ccc(C(=O)NCC2(O)CCCC2)cn1. The summed E-state index contributed by atoms with van der Waals surface area (Å²) < 4.78 is 4.92. The third kappa shape index (κ3) is 2.98. The van der Waals surface area contributed by atoms with Crippen molar-refractivity contribution in [3.63, 3.8) is 0 Å². The smallest absolute Gasteiger partial charge is 0.252 e. The second-order valence-electron chi connectivity index (χ2n) is 4.70. The molecule has 1 heterocycles. The Hall–Kier alpha value is -1.62. The van der Waals surface area contributed by atoms with Crippen molar-refractivity contribution in [3.05, 3.63) is 23.9 Å². The Morgan fingerprint density at radius 1 is 1.50 bits per heavy atom. The van der Waals surface area contributed by atoms with Crippen molar-refractivity contribution in [3.8, 4) is 5.88 Å². The molecular formula is C13H18N2O3. The van der Waals surface area contributed by atoms with Crippen molar-refractivity contribution < 1.29 is 14.6 Å². The molecule has 0 spiro atoms. The van der Waals surface area contributed by atoms with Gasteiger partial charge in [0.25, 0.3) is 5.91 Å². The van der Waals surface area contributed by atoms with Crippen LogP contribution in [0.4, 0.5) is 0 Å². The van der Waals surface area contributed by atoms with Gasteiger partial charge in [0, 0.05) is 18.8 Å². The zero-order chi connectivity index (χ0) is 13.0. The molecule has 0 unspecified atom stereocenters. The summed E-state index contributed by atoms with van der Waals surface area (Å²) in [6.07, 6.45) is 5.03. The molecule has 1 amide bonds. The molecule has 1 fully saturated rings. The van der Waals surface area contributed by atoms with Crippen molar-refractivity contribution in [2.45, 2.75) is 31.3 Å². The van der Waals surface area contributed by atoms with E-state index < -0.39 is 5.60 Å². The third-order valence-corrected chi connectivity index (χ3v) is 3.32. The highest BCUT2D eigenvalue weighted by molar-refractivity contribution is 5.93. The lowest BCUT2D eigenvalue weighted by molar-refractivity contribution is 0.0449. The van der Waals surface area contributed by atoms with Gasteiger partial charge in [0.15, 0.2) is 0 Å². The van der Waals surface area contributed by atoms with Gasteiger partial charge in [0.2, 0.25) is 5.88 Å². The minimum Gasteiger partial charge on any atom is -0.481 e. The van der Waals surface area contributed by atoms with E-state index in [-0.39, 0.29) is 5.91 Å². The maximum Gasteiger partial charge on any atom is 0.252 e. The van der Waals surface area contributed by atoms with Gasteiger partial charge in [-0.25, -0.2) is 4.98 Å². The topological polar surface area (TPSA) is 71.5 Å². The predicted molar refractivity (Wildman–Crippen MR) is 66.5 cm³/mol. The van der Waals surface area contributed by atoms with Crippen LogP contribution >= 0.6 is 0 Å². The number of amides is 1. The van der Waals surface area contributed by atoms with E-state index in [1.807, 2.05) is 0 Å². The first-order valence-corrected chi connectivity index (χ1v) is 6.14. The summed E-state index contributed by atoms with van der Waals surface area (Å²) >= 11 is 0. The number of carbonyl (C=O) groups excluding carboxylic acids is 1. The molecule has 2 rings (SSSR count). The number of carbonyl (C=O) groups is 1. The standard InChI is InChI=1S/C13H18N2O3/c1-18-11-5-4-10(8-14-11)12(16)15-9-13(17)6-2-3-7-13/h4-5,8,17H,2-3,6-7,9H2,1H3,(H,15,16). The molecule has 0 aliphatic heterocycles. The van der Waals surface area contributed by atoms with E-state index in [4.69, 9.17) is 4.74 Å². The van der Waals surface area contributed by atoms with E-state index in [0.717, 1.165) is 25.7 Å². The molecule has 5 heteroatoms. The van der Waals surface area contributed by atoms with Gasteiger partial charge in [-0.3, -0.25) is 4.79 Å². The Bertz CT molecular complexity index is 411. The van der Waals surface area contributed by atoms with Crippen LogP contribution in [0.1, 0.15) is 36.0 Å². The Labute approximate surface area is 106 Å². The van der Waals surface area contributed by atoms with Crippen LogP contribution in [0.15, 0.2) is 18.3 Å². The summed E-state index contributed by atoms with van der Waals surface area (Å²) in [5, 5.41) is 12.9. The predicted octanol–water partition coefficient (Wildman–Crippen LogP) is 1.13. The zero-order valence-electron chi connectivity index (χ0n) is 10.5. The molecule has 18 heavy (non-hydrogen) atoms. The molecule has 0 bridgehead atoms. The Kier molecular flexibility index (Phi) is 3.81. The Morgan fingerprint density at radius 3 is 2.78 bits per heavy atom. The molecule has 0 aromatic carbocycles. The van der Waals surface area contributed by atoms with E-state index in [9.17, 15) is 9.90 Å².